The molecule has 0 saturated carbocycles. The highest BCUT2D eigenvalue weighted by Crippen LogP contribution is 2.29. The van der Waals surface area contributed by atoms with Gasteiger partial charge in [0.1, 0.15) is 5.60 Å². The number of nitrogens with two attached hydrogens (primary N) is 1. The summed E-state index contributed by atoms with van der Waals surface area (Å²) in [4.78, 5) is 24.4. The summed E-state index contributed by atoms with van der Waals surface area (Å²) in [5, 5.41) is 2.95. The number of piperazine rings is 1. The average molecular weight is 610 g/mol. The molecule has 7 nitrogen and oxygen atoms in total. The summed E-state index contributed by atoms with van der Waals surface area (Å²) in [6, 6.07) is 17.3. The second-order valence-electron chi connectivity index (χ2n) is 12.1. The van der Waals surface area contributed by atoms with Crippen LogP contribution in [-0.2, 0) is 17.7 Å². The molecule has 1 fully saturated rings. The van der Waals surface area contributed by atoms with Crippen LogP contribution in [0.1, 0.15) is 50.4 Å². The summed E-state index contributed by atoms with van der Waals surface area (Å²) in [7, 11) is 0. The molecule has 2 aromatic carbocycles. The van der Waals surface area contributed by atoms with Crippen molar-refractivity contribution in [2.75, 3.05) is 45.0 Å². The van der Waals surface area contributed by atoms with Crippen LogP contribution in [0.25, 0.3) is 10.4 Å². The van der Waals surface area contributed by atoms with Gasteiger partial charge in [-0.25, -0.2) is 9.78 Å². The Morgan fingerprint density at radius 3 is 2.45 bits per heavy atom. The summed E-state index contributed by atoms with van der Waals surface area (Å²) in [6.07, 6.45) is 2.69. The lowest BCUT2D eigenvalue weighted by molar-refractivity contribution is 0.0523. The maximum atomic E-state index is 12.3. The number of hydrogen-bond acceptors (Lipinski definition) is 8. The Hall–Kier alpha value is -2.43. The molecule has 3 N–H and O–H groups in total. The number of alkyl carbamates (subject to hydrolysis) is 1. The topological polar surface area (TPSA) is 83.7 Å². The molecule has 9 heteroatoms. The normalized spacial score (nSPS) is 15.5. The highest BCUT2D eigenvalue weighted by atomic mass is 32.2. The van der Waals surface area contributed by atoms with E-state index in [1.807, 2.05) is 38.0 Å². The second-order valence-corrected chi connectivity index (χ2v) is 14.0. The van der Waals surface area contributed by atoms with Gasteiger partial charge in [-0.05, 0) is 94.9 Å². The lowest BCUT2D eigenvalue weighted by atomic mass is 9.98. The van der Waals surface area contributed by atoms with E-state index < -0.39 is 5.60 Å². The van der Waals surface area contributed by atoms with E-state index in [0.717, 1.165) is 75.5 Å². The third-order valence-corrected chi connectivity index (χ3v) is 9.62. The van der Waals surface area contributed by atoms with Crippen molar-refractivity contribution in [1.29, 1.82) is 0 Å². The van der Waals surface area contributed by atoms with E-state index in [4.69, 9.17) is 10.5 Å². The van der Waals surface area contributed by atoms with Crippen LogP contribution in [0.2, 0.25) is 0 Å². The van der Waals surface area contributed by atoms with Crippen LogP contribution in [0.4, 0.5) is 4.79 Å². The van der Waals surface area contributed by atoms with Crippen LogP contribution in [-0.4, -0.2) is 77.5 Å². The standard InChI is InChI=1S/C33H47N5O2S2/c1-25-31(42-24-36-25)27-12-13-28(22-35-32(39)40-33(2,3)4)26(21-27)9-8-15-37-17-19-38(20-18-37)16-14-29(34)23-41-30-10-6-5-7-11-30/h5-7,10-13,21,24,29H,8-9,14-20,22-23,34H2,1-4H3,(H,35,39)/t29-/m1/s1. The van der Waals surface area contributed by atoms with E-state index in [1.165, 1.54) is 20.9 Å². The van der Waals surface area contributed by atoms with Gasteiger partial charge < -0.3 is 25.6 Å². The molecular weight excluding hydrogens is 563 g/mol. The highest BCUT2D eigenvalue weighted by Gasteiger charge is 2.19. The minimum absolute atomic E-state index is 0.219. The molecule has 0 spiro atoms. The zero-order valence-corrected chi connectivity index (χ0v) is 27.2. The molecule has 2 heterocycles. The molecule has 0 bridgehead atoms. The number of carbonyl (C=O) groups is 1. The van der Waals surface area contributed by atoms with Crippen molar-refractivity contribution in [2.45, 2.75) is 70.0 Å². The van der Waals surface area contributed by atoms with Gasteiger partial charge in [0.2, 0.25) is 0 Å². The van der Waals surface area contributed by atoms with E-state index in [0.29, 0.717) is 6.54 Å². The van der Waals surface area contributed by atoms with Gasteiger partial charge in [-0.1, -0.05) is 30.3 Å². The molecule has 0 radical (unpaired) electrons. The van der Waals surface area contributed by atoms with Gasteiger partial charge in [0, 0.05) is 49.4 Å². The van der Waals surface area contributed by atoms with Gasteiger partial charge in [0.25, 0.3) is 0 Å². The van der Waals surface area contributed by atoms with Crippen LogP contribution in [0.3, 0.4) is 0 Å². The predicted molar refractivity (Wildman–Crippen MR) is 176 cm³/mol. The number of benzene rings is 2. The van der Waals surface area contributed by atoms with Crippen molar-refractivity contribution in [3.8, 4) is 10.4 Å². The van der Waals surface area contributed by atoms with Gasteiger partial charge in [-0.15, -0.1) is 23.1 Å². The predicted octanol–water partition coefficient (Wildman–Crippen LogP) is 6.20. The first-order valence-corrected chi connectivity index (χ1v) is 16.9. The number of thioether (sulfide) groups is 1. The van der Waals surface area contributed by atoms with Gasteiger partial charge in [0.05, 0.1) is 16.1 Å². The maximum Gasteiger partial charge on any atom is 0.407 e. The van der Waals surface area contributed by atoms with Crippen molar-refractivity contribution in [3.05, 3.63) is 70.9 Å². The summed E-state index contributed by atoms with van der Waals surface area (Å²) in [5.41, 5.74) is 12.5. The molecule has 1 aliphatic rings. The van der Waals surface area contributed by atoms with Crippen LogP contribution in [0, 0.1) is 6.92 Å². The number of thiazole rings is 1. The Morgan fingerprint density at radius 1 is 1.07 bits per heavy atom. The van der Waals surface area contributed by atoms with E-state index >= 15 is 0 Å². The number of rotatable bonds is 13. The molecule has 1 saturated heterocycles. The van der Waals surface area contributed by atoms with Crippen molar-refractivity contribution in [2.24, 2.45) is 5.73 Å². The molecule has 228 valence electrons. The Bertz CT molecular complexity index is 1250. The highest BCUT2D eigenvalue weighted by molar-refractivity contribution is 7.99. The zero-order chi connectivity index (χ0) is 30.0. The molecule has 1 aromatic heterocycles. The number of nitrogens with one attached hydrogen (secondary N) is 1. The number of hydrogen-bond donors (Lipinski definition) is 2. The molecule has 3 aromatic rings. The number of ether oxygens (including phenoxy) is 1. The first-order chi connectivity index (χ1) is 20.2. The van der Waals surface area contributed by atoms with E-state index in [9.17, 15) is 4.79 Å². The summed E-state index contributed by atoms with van der Waals surface area (Å²) < 4.78 is 5.45. The Morgan fingerprint density at radius 2 is 1.79 bits per heavy atom. The first-order valence-electron chi connectivity index (χ1n) is 15.0. The van der Waals surface area contributed by atoms with Crippen LogP contribution >= 0.6 is 23.1 Å². The third-order valence-electron chi connectivity index (χ3n) is 7.44. The second kappa shape index (κ2) is 15.9. The fourth-order valence-electron chi connectivity index (χ4n) is 5.11. The number of carbonyl (C=O) groups excluding carboxylic acids is 1. The molecule has 42 heavy (non-hydrogen) atoms. The van der Waals surface area contributed by atoms with Crippen molar-refractivity contribution in [1.82, 2.24) is 20.1 Å². The van der Waals surface area contributed by atoms with Gasteiger partial charge in [-0.2, -0.15) is 0 Å². The molecular formula is C33H47N5O2S2. The monoisotopic (exact) mass is 609 g/mol. The van der Waals surface area contributed by atoms with E-state index in [2.05, 4.69) is 75.6 Å². The maximum absolute atomic E-state index is 12.3. The lowest BCUT2D eigenvalue weighted by Crippen LogP contribution is -2.47. The summed E-state index contributed by atoms with van der Waals surface area (Å²) in [6.45, 7) is 14.7. The van der Waals surface area contributed by atoms with Crippen molar-refractivity contribution in [3.63, 3.8) is 0 Å². The Kier molecular flexibility index (Phi) is 12.3. The largest absolute Gasteiger partial charge is 0.444 e. The number of aryl methyl sites for hydroxylation is 2. The number of aromatic nitrogens is 1. The van der Waals surface area contributed by atoms with E-state index in [1.54, 1.807) is 11.3 Å². The van der Waals surface area contributed by atoms with Gasteiger partial charge >= 0.3 is 6.09 Å². The first kappa shape index (κ1) is 32.5. The average Bonchev–Trinajstić information content (AvgIpc) is 3.40. The molecule has 0 aliphatic carbocycles. The van der Waals surface area contributed by atoms with E-state index in [-0.39, 0.29) is 12.1 Å². The molecule has 1 amide bonds. The van der Waals surface area contributed by atoms with Crippen LogP contribution in [0.5, 0.6) is 0 Å². The fraction of sp³-hybridized carbons (Fsp3) is 0.515. The van der Waals surface area contributed by atoms with Crippen LogP contribution in [0.15, 0.2) is 58.9 Å². The SMILES string of the molecule is Cc1ncsc1-c1ccc(CNC(=O)OC(C)(C)C)c(CCCN2CCN(CC[C@@H](N)CSc3ccccc3)CC2)c1. The fourth-order valence-corrected chi connectivity index (χ4v) is 6.84. The zero-order valence-electron chi connectivity index (χ0n) is 25.6. The Balaban J connectivity index is 1.23. The van der Waals surface area contributed by atoms with Crippen molar-refractivity contribution < 1.29 is 9.53 Å². The minimum Gasteiger partial charge on any atom is -0.444 e. The minimum atomic E-state index is -0.516. The van der Waals surface area contributed by atoms with Gasteiger partial charge in [0.15, 0.2) is 0 Å². The smallest absolute Gasteiger partial charge is 0.407 e. The number of nitrogens with zero attached hydrogens (tertiary/aromatic N) is 3. The van der Waals surface area contributed by atoms with Crippen LogP contribution < -0.4 is 11.1 Å². The summed E-state index contributed by atoms with van der Waals surface area (Å²) >= 11 is 3.52. The van der Waals surface area contributed by atoms with Gasteiger partial charge in [-0.3, -0.25) is 0 Å². The third kappa shape index (κ3) is 10.7. The molecule has 1 aliphatic heterocycles. The quantitative estimate of drug-likeness (QED) is 0.223. The molecule has 0 unspecified atom stereocenters. The Labute approximate surface area is 260 Å². The summed E-state index contributed by atoms with van der Waals surface area (Å²) in [5.74, 6) is 0.961. The molecule has 1 atom stereocenters. The molecule has 4 rings (SSSR count). The number of amides is 1. The lowest BCUT2D eigenvalue weighted by Gasteiger charge is -2.35. The van der Waals surface area contributed by atoms with Crippen molar-refractivity contribution >= 4 is 29.2 Å².